The molecule has 0 nitrogen and oxygen atoms in total. The Hall–Kier alpha value is 0.0300. The number of hydrogen-bond donors (Lipinski definition) is 0. The molecular formula is C15H23I. The summed E-state index contributed by atoms with van der Waals surface area (Å²) in [6, 6.07) is 0. The molecule has 0 heterocycles. The van der Waals surface area contributed by atoms with Gasteiger partial charge >= 0.3 is 0 Å². The highest BCUT2D eigenvalue weighted by Gasteiger charge is 2.28. The molecule has 0 N–H and O–H groups in total. The fraction of sp³-hybridized carbons (Fsp3) is 0.733. The van der Waals surface area contributed by atoms with E-state index in [1.165, 1.54) is 23.7 Å². The van der Waals surface area contributed by atoms with Gasteiger partial charge in [-0.3, -0.25) is 0 Å². The molecule has 16 heavy (non-hydrogen) atoms. The first kappa shape index (κ1) is 14.1. The lowest BCUT2D eigenvalue weighted by Crippen LogP contribution is -2.17. The average Bonchev–Trinajstić information content (AvgIpc) is 2.55. The predicted octanol–water partition coefficient (Wildman–Crippen LogP) is 4.83. The summed E-state index contributed by atoms with van der Waals surface area (Å²) in [7, 11) is 0. The Balaban J connectivity index is 2.48. The first-order valence-electron chi connectivity index (χ1n) is 6.16. The lowest BCUT2D eigenvalue weighted by Gasteiger charge is -2.25. The zero-order valence-corrected chi connectivity index (χ0v) is 12.9. The quantitative estimate of drug-likeness (QED) is 0.293. The SMILES string of the molecule is C#CCC[C@H]1C[C@H](CC(C)(C)CI)C=C1C. The molecule has 0 saturated heterocycles. The van der Waals surface area contributed by atoms with Crippen LogP contribution in [0.2, 0.25) is 0 Å². The van der Waals surface area contributed by atoms with E-state index in [2.05, 4.69) is 55.4 Å². The van der Waals surface area contributed by atoms with E-state index in [4.69, 9.17) is 6.42 Å². The minimum absolute atomic E-state index is 0.475. The zero-order valence-electron chi connectivity index (χ0n) is 10.7. The number of alkyl halides is 1. The second-order valence-electron chi connectivity index (χ2n) is 5.85. The maximum atomic E-state index is 5.34. The Kier molecular flexibility index (Phi) is 5.37. The molecule has 0 radical (unpaired) electrons. The molecule has 0 bridgehead atoms. The third-order valence-electron chi connectivity index (χ3n) is 3.54. The highest BCUT2D eigenvalue weighted by Crippen LogP contribution is 2.39. The molecule has 0 aromatic heterocycles. The van der Waals surface area contributed by atoms with Crippen molar-refractivity contribution in [1.29, 1.82) is 0 Å². The summed E-state index contributed by atoms with van der Waals surface area (Å²) in [5.74, 6) is 4.30. The van der Waals surface area contributed by atoms with Gasteiger partial charge in [0.2, 0.25) is 0 Å². The summed E-state index contributed by atoms with van der Waals surface area (Å²) >= 11 is 2.50. The molecule has 1 heteroatoms. The fourth-order valence-electron chi connectivity index (χ4n) is 2.64. The van der Waals surface area contributed by atoms with Crippen LogP contribution in [0.15, 0.2) is 11.6 Å². The van der Waals surface area contributed by atoms with Crippen LogP contribution in [0.1, 0.15) is 46.5 Å². The van der Waals surface area contributed by atoms with Gasteiger partial charge in [-0.1, -0.05) is 48.1 Å². The van der Waals surface area contributed by atoms with Crippen molar-refractivity contribution in [2.45, 2.75) is 46.5 Å². The molecule has 0 saturated carbocycles. The van der Waals surface area contributed by atoms with Gasteiger partial charge in [0.05, 0.1) is 0 Å². The van der Waals surface area contributed by atoms with Crippen LogP contribution < -0.4 is 0 Å². The maximum absolute atomic E-state index is 5.34. The van der Waals surface area contributed by atoms with Crippen molar-refractivity contribution < 1.29 is 0 Å². The largest absolute Gasteiger partial charge is 0.120 e. The van der Waals surface area contributed by atoms with Gasteiger partial charge < -0.3 is 0 Å². The average molecular weight is 330 g/mol. The molecule has 0 unspecified atom stereocenters. The standard InChI is InChI=1S/C15H23I/c1-5-6-7-14-9-13(8-12(14)2)10-15(3,4)11-16/h1,8,13-14H,6-7,9-11H2,2-4H3/t13-,14+/m1/s1. The Labute approximate surface area is 114 Å². The molecule has 1 rings (SSSR count). The Bertz CT molecular complexity index is 293. The molecule has 0 spiro atoms. The van der Waals surface area contributed by atoms with E-state index in [1.54, 1.807) is 5.57 Å². The van der Waals surface area contributed by atoms with Gasteiger partial charge in [0, 0.05) is 10.8 Å². The van der Waals surface area contributed by atoms with Crippen molar-refractivity contribution in [3.8, 4) is 12.3 Å². The molecule has 0 aliphatic heterocycles. The van der Waals surface area contributed by atoms with Crippen molar-refractivity contribution in [3.63, 3.8) is 0 Å². The van der Waals surface area contributed by atoms with E-state index in [1.807, 2.05) is 0 Å². The van der Waals surface area contributed by atoms with Crippen LogP contribution in [-0.2, 0) is 0 Å². The van der Waals surface area contributed by atoms with Crippen molar-refractivity contribution in [2.24, 2.45) is 17.3 Å². The number of halogens is 1. The first-order valence-corrected chi connectivity index (χ1v) is 7.69. The Morgan fingerprint density at radius 3 is 2.81 bits per heavy atom. The molecule has 0 aromatic rings. The highest BCUT2D eigenvalue weighted by molar-refractivity contribution is 14.1. The van der Waals surface area contributed by atoms with Crippen LogP contribution in [0.25, 0.3) is 0 Å². The van der Waals surface area contributed by atoms with Crippen LogP contribution in [0.4, 0.5) is 0 Å². The van der Waals surface area contributed by atoms with Crippen molar-refractivity contribution >= 4 is 22.6 Å². The topological polar surface area (TPSA) is 0 Å². The predicted molar refractivity (Wildman–Crippen MR) is 80.7 cm³/mol. The number of hydrogen-bond acceptors (Lipinski definition) is 0. The van der Waals surface area contributed by atoms with Gasteiger partial charge in [-0.15, -0.1) is 12.3 Å². The summed E-state index contributed by atoms with van der Waals surface area (Å²) in [5.41, 5.74) is 2.05. The van der Waals surface area contributed by atoms with Crippen molar-refractivity contribution in [3.05, 3.63) is 11.6 Å². The monoisotopic (exact) mass is 330 g/mol. The van der Waals surface area contributed by atoms with Crippen molar-refractivity contribution in [2.75, 3.05) is 4.43 Å². The Morgan fingerprint density at radius 1 is 1.56 bits per heavy atom. The number of terminal acetylenes is 1. The Morgan fingerprint density at radius 2 is 2.25 bits per heavy atom. The van der Waals surface area contributed by atoms with Crippen LogP contribution in [0, 0.1) is 29.6 Å². The minimum Gasteiger partial charge on any atom is -0.120 e. The van der Waals surface area contributed by atoms with Gasteiger partial charge in [-0.2, -0.15) is 0 Å². The number of rotatable bonds is 5. The van der Waals surface area contributed by atoms with Crippen LogP contribution in [0.3, 0.4) is 0 Å². The molecule has 0 amide bonds. The summed E-state index contributed by atoms with van der Waals surface area (Å²) in [6.07, 6.45) is 12.6. The van der Waals surface area contributed by atoms with Crippen LogP contribution in [-0.4, -0.2) is 4.43 Å². The fourth-order valence-corrected chi connectivity index (χ4v) is 2.95. The molecule has 1 aliphatic rings. The summed E-state index contributed by atoms with van der Waals surface area (Å²) in [6.45, 7) is 7.02. The highest BCUT2D eigenvalue weighted by atomic mass is 127. The van der Waals surface area contributed by atoms with Crippen LogP contribution >= 0.6 is 22.6 Å². The molecule has 1 aliphatic carbocycles. The number of allylic oxidation sites excluding steroid dienone is 2. The minimum atomic E-state index is 0.475. The van der Waals surface area contributed by atoms with E-state index in [0.29, 0.717) is 5.41 Å². The van der Waals surface area contributed by atoms with Gasteiger partial charge in [-0.25, -0.2) is 0 Å². The van der Waals surface area contributed by atoms with Crippen LogP contribution in [0.5, 0.6) is 0 Å². The second kappa shape index (κ2) is 6.10. The smallest absolute Gasteiger partial charge is 0.00917 e. The normalized spacial score (nSPS) is 25.3. The summed E-state index contributed by atoms with van der Waals surface area (Å²) < 4.78 is 1.24. The maximum Gasteiger partial charge on any atom is 0.00917 e. The van der Waals surface area contributed by atoms with Gasteiger partial charge in [-0.05, 0) is 43.4 Å². The summed E-state index contributed by atoms with van der Waals surface area (Å²) in [4.78, 5) is 0. The van der Waals surface area contributed by atoms with Gasteiger partial charge in [0.25, 0.3) is 0 Å². The molecule has 0 fully saturated rings. The first-order chi connectivity index (χ1) is 7.48. The third kappa shape index (κ3) is 4.13. The molecule has 0 aromatic carbocycles. The van der Waals surface area contributed by atoms with E-state index in [-0.39, 0.29) is 0 Å². The third-order valence-corrected chi connectivity index (χ3v) is 5.61. The lowest BCUT2D eigenvalue weighted by atomic mass is 9.83. The van der Waals surface area contributed by atoms with Gasteiger partial charge in [0.15, 0.2) is 0 Å². The van der Waals surface area contributed by atoms with Gasteiger partial charge in [0.1, 0.15) is 0 Å². The van der Waals surface area contributed by atoms with Crippen molar-refractivity contribution in [1.82, 2.24) is 0 Å². The van der Waals surface area contributed by atoms with E-state index in [9.17, 15) is 0 Å². The molecule has 90 valence electrons. The zero-order chi connectivity index (χ0) is 12.2. The lowest BCUT2D eigenvalue weighted by molar-refractivity contribution is 0.320. The van der Waals surface area contributed by atoms with E-state index in [0.717, 1.165) is 18.3 Å². The molecular weight excluding hydrogens is 307 g/mol. The van der Waals surface area contributed by atoms with E-state index >= 15 is 0 Å². The molecule has 2 atom stereocenters. The van der Waals surface area contributed by atoms with E-state index < -0.39 is 0 Å². The second-order valence-corrected chi connectivity index (χ2v) is 6.61. The summed E-state index contributed by atoms with van der Waals surface area (Å²) in [5, 5.41) is 0.